The average molecular weight is 291 g/mol. The highest BCUT2D eigenvalue weighted by molar-refractivity contribution is 7.99. The predicted octanol–water partition coefficient (Wildman–Crippen LogP) is 4.50. The summed E-state index contributed by atoms with van der Waals surface area (Å²) >= 11 is 1.85. The molecule has 1 N–H and O–H groups in total. The number of alkyl halides is 3. The first kappa shape index (κ1) is 16.4. The average Bonchev–Trinajstić information content (AvgIpc) is 2.35. The summed E-state index contributed by atoms with van der Waals surface area (Å²) in [5, 5.41) is 3.39. The highest BCUT2D eigenvalue weighted by Gasteiger charge is 2.30. The van der Waals surface area contributed by atoms with E-state index in [4.69, 9.17) is 0 Å². The number of nitrogens with one attached hydrogen (secondary N) is 1. The molecule has 2 atom stereocenters. The molecule has 1 aromatic rings. The van der Waals surface area contributed by atoms with Crippen LogP contribution in [0.2, 0.25) is 0 Å². The number of hydrogen-bond donors (Lipinski definition) is 1. The van der Waals surface area contributed by atoms with Gasteiger partial charge in [-0.05, 0) is 37.3 Å². The second kappa shape index (κ2) is 7.20. The van der Waals surface area contributed by atoms with Crippen LogP contribution in [0, 0.1) is 0 Å². The molecule has 0 radical (unpaired) electrons. The van der Waals surface area contributed by atoms with Crippen molar-refractivity contribution in [2.75, 3.05) is 11.5 Å². The smallest absolute Gasteiger partial charge is 0.307 e. The minimum Gasteiger partial charge on any atom is -0.307 e. The van der Waals surface area contributed by atoms with E-state index in [0.717, 1.165) is 29.2 Å². The number of thioether (sulfide) groups is 1. The van der Waals surface area contributed by atoms with E-state index in [2.05, 4.69) is 19.2 Å². The Labute approximate surface area is 117 Å². The van der Waals surface area contributed by atoms with Gasteiger partial charge in [0.15, 0.2) is 0 Å². The molecule has 19 heavy (non-hydrogen) atoms. The van der Waals surface area contributed by atoms with Crippen molar-refractivity contribution < 1.29 is 13.2 Å². The van der Waals surface area contributed by atoms with Crippen LogP contribution in [0.5, 0.6) is 0 Å². The summed E-state index contributed by atoms with van der Waals surface area (Å²) in [7, 11) is 0. The zero-order valence-electron chi connectivity index (χ0n) is 11.4. The first-order chi connectivity index (χ1) is 8.84. The second-order valence-corrected chi connectivity index (χ2v) is 5.89. The zero-order valence-corrected chi connectivity index (χ0v) is 12.2. The van der Waals surface area contributed by atoms with Crippen molar-refractivity contribution in [3.8, 4) is 0 Å². The van der Waals surface area contributed by atoms with Crippen LogP contribution in [0.3, 0.4) is 0 Å². The molecule has 1 nitrogen and oxygen atoms in total. The van der Waals surface area contributed by atoms with Crippen LogP contribution in [-0.4, -0.2) is 17.5 Å². The molecule has 0 aliphatic carbocycles. The van der Waals surface area contributed by atoms with Crippen LogP contribution in [0.1, 0.15) is 37.9 Å². The van der Waals surface area contributed by atoms with Crippen molar-refractivity contribution in [3.63, 3.8) is 0 Å². The van der Waals surface area contributed by atoms with E-state index in [9.17, 15) is 13.2 Å². The molecule has 0 spiro atoms. The van der Waals surface area contributed by atoms with Gasteiger partial charge in [0.05, 0.1) is 5.56 Å². The largest absolute Gasteiger partial charge is 0.416 e. The monoisotopic (exact) mass is 291 g/mol. The van der Waals surface area contributed by atoms with Crippen LogP contribution in [-0.2, 0) is 6.18 Å². The van der Waals surface area contributed by atoms with Crippen molar-refractivity contribution in [2.45, 2.75) is 39.0 Å². The molecule has 1 rings (SSSR count). The Morgan fingerprint density at radius 2 is 1.74 bits per heavy atom. The van der Waals surface area contributed by atoms with Gasteiger partial charge in [0.1, 0.15) is 0 Å². The van der Waals surface area contributed by atoms with Crippen LogP contribution < -0.4 is 5.32 Å². The van der Waals surface area contributed by atoms with Crippen molar-refractivity contribution in [1.29, 1.82) is 0 Å². The summed E-state index contributed by atoms with van der Waals surface area (Å²) in [6.07, 6.45) is -4.26. The fourth-order valence-electron chi connectivity index (χ4n) is 1.83. The van der Waals surface area contributed by atoms with Gasteiger partial charge < -0.3 is 5.32 Å². The number of halogens is 3. The molecule has 5 heteroatoms. The Morgan fingerprint density at radius 1 is 1.16 bits per heavy atom. The lowest BCUT2D eigenvalue weighted by Gasteiger charge is -2.20. The van der Waals surface area contributed by atoms with Gasteiger partial charge in [-0.1, -0.05) is 19.1 Å². The van der Waals surface area contributed by atoms with Gasteiger partial charge in [-0.15, -0.1) is 0 Å². The third-order valence-corrected chi connectivity index (χ3v) is 3.99. The van der Waals surface area contributed by atoms with E-state index in [1.54, 1.807) is 12.1 Å². The number of rotatable bonds is 6. The SMILES string of the molecule is CCSCC(C)NC(C)c1ccc(C(F)(F)F)cc1. The Balaban J connectivity index is 2.60. The van der Waals surface area contributed by atoms with E-state index in [0.29, 0.717) is 6.04 Å². The molecule has 0 saturated carbocycles. The highest BCUT2D eigenvalue weighted by Crippen LogP contribution is 2.29. The lowest BCUT2D eigenvalue weighted by atomic mass is 10.1. The van der Waals surface area contributed by atoms with Gasteiger partial charge in [-0.3, -0.25) is 0 Å². The minimum atomic E-state index is -4.26. The van der Waals surface area contributed by atoms with E-state index < -0.39 is 11.7 Å². The molecule has 2 unspecified atom stereocenters. The van der Waals surface area contributed by atoms with Gasteiger partial charge >= 0.3 is 6.18 Å². The summed E-state index contributed by atoms with van der Waals surface area (Å²) in [6, 6.07) is 5.75. The summed E-state index contributed by atoms with van der Waals surface area (Å²) in [5.41, 5.74) is 0.277. The lowest BCUT2D eigenvalue weighted by molar-refractivity contribution is -0.137. The molecule has 0 saturated heterocycles. The maximum atomic E-state index is 12.5. The lowest BCUT2D eigenvalue weighted by Crippen LogP contribution is -2.30. The summed E-state index contributed by atoms with van der Waals surface area (Å²) in [4.78, 5) is 0. The van der Waals surface area contributed by atoms with Gasteiger partial charge in [0, 0.05) is 17.8 Å². The summed E-state index contributed by atoms with van der Waals surface area (Å²) < 4.78 is 37.4. The third kappa shape index (κ3) is 5.45. The third-order valence-electron chi connectivity index (χ3n) is 2.84. The minimum absolute atomic E-state index is 0.0507. The van der Waals surface area contributed by atoms with Crippen molar-refractivity contribution in [1.82, 2.24) is 5.32 Å². The molecule has 0 bridgehead atoms. The second-order valence-electron chi connectivity index (χ2n) is 4.57. The first-order valence-electron chi connectivity index (χ1n) is 6.35. The molecule has 1 aromatic carbocycles. The highest BCUT2D eigenvalue weighted by atomic mass is 32.2. The van der Waals surface area contributed by atoms with E-state index >= 15 is 0 Å². The number of benzene rings is 1. The maximum Gasteiger partial charge on any atom is 0.416 e. The van der Waals surface area contributed by atoms with Crippen LogP contribution in [0.15, 0.2) is 24.3 Å². The Kier molecular flexibility index (Phi) is 6.20. The van der Waals surface area contributed by atoms with Gasteiger partial charge in [-0.2, -0.15) is 24.9 Å². The van der Waals surface area contributed by atoms with Crippen molar-refractivity contribution >= 4 is 11.8 Å². The zero-order chi connectivity index (χ0) is 14.5. The van der Waals surface area contributed by atoms with E-state index in [-0.39, 0.29) is 6.04 Å². The molecule has 0 aromatic heterocycles. The Hall–Kier alpha value is -0.680. The van der Waals surface area contributed by atoms with Gasteiger partial charge in [0.25, 0.3) is 0 Å². The Bertz CT molecular complexity index is 375. The fourth-order valence-corrected chi connectivity index (χ4v) is 2.51. The van der Waals surface area contributed by atoms with Gasteiger partial charge in [-0.25, -0.2) is 0 Å². The van der Waals surface area contributed by atoms with E-state index in [1.807, 2.05) is 18.7 Å². The standard InChI is InChI=1S/C14H20F3NS/c1-4-19-9-10(2)18-11(3)12-5-7-13(8-6-12)14(15,16)17/h5-8,10-11,18H,4,9H2,1-3H3. The molecule has 0 aliphatic heterocycles. The first-order valence-corrected chi connectivity index (χ1v) is 7.51. The molecule has 0 fully saturated rings. The van der Waals surface area contributed by atoms with Crippen molar-refractivity contribution in [2.24, 2.45) is 0 Å². The molecule has 108 valence electrons. The van der Waals surface area contributed by atoms with Crippen LogP contribution >= 0.6 is 11.8 Å². The summed E-state index contributed by atoms with van der Waals surface area (Å²) in [6.45, 7) is 6.16. The molecule has 0 amide bonds. The molecular formula is C14H20F3NS. The fraction of sp³-hybridized carbons (Fsp3) is 0.571. The van der Waals surface area contributed by atoms with Crippen LogP contribution in [0.25, 0.3) is 0 Å². The molecular weight excluding hydrogens is 271 g/mol. The molecule has 0 aliphatic rings. The quantitative estimate of drug-likeness (QED) is 0.828. The van der Waals surface area contributed by atoms with E-state index in [1.165, 1.54) is 0 Å². The summed E-state index contributed by atoms with van der Waals surface area (Å²) in [5.74, 6) is 2.07. The Morgan fingerprint density at radius 3 is 2.21 bits per heavy atom. The number of hydrogen-bond acceptors (Lipinski definition) is 2. The maximum absolute atomic E-state index is 12.5. The predicted molar refractivity (Wildman–Crippen MR) is 75.5 cm³/mol. The normalized spacial score (nSPS) is 15.3. The van der Waals surface area contributed by atoms with Crippen molar-refractivity contribution in [3.05, 3.63) is 35.4 Å². The van der Waals surface area contributed by atoms with Gasteiger partial charge in [0.2, 0.25) is 0 Å². The van der Waals surface area contributed by atoms with Crippen LogP contribution in [0.4, 0.5) is 13.2 Å². The topological polar surface area (TPSA) is 12.0 Å². The molecule has 0 heterocycles.